The molecule has 1 aliphatic rings. The van der Waals surface area contributed by atoms with E-state index in [-0.39, 0.29) is 0 Å². The van der Waals surface area contributed by atoms with Crippen LogP contribution in [0.1, 0.15) is 29.9 Å². The Kier molecular flexibility index (Phi) is 5.01. The first kappa shape index (κ1) is 16.7. The van der Waals surface area contributed by atoms with Crippen molar-refractivity contribution in [2.75, 3.05) is 23.8 Å². The molecule has 1 aromatic carbocycles. The van der Waals surface area contributed by atoms with E-state index < -0.39 is 11.3 Å². The van der Waals surface area contributed by atoms with Crippen LogP contribution in [-0.4, -0.2) is 22.4 Å². The minimum Gasteiger partial charge on any atom is -0.755 e. The minimum absolute atomic E-state index is 0.367. The second-order valence-corrected chi connectivity index (χ2v) is 6.80. The van der Waals surface area contributed by atoms with Crippen molar-refractivity contribution in [2.45, 2.75) is 25.2 Å². The zero-order valence-electron chi connectivity index (χ0n) is 13.6. The van der Waals surface area contributed by atoms with Gasteiger partial charge in [-0.3, -0.25) is 8.51 Å². The Morgan fingerprint density at radius 3 is 2.62 bits per heavy atom. The van der Waals surface area contributed by atoms with Gasteiger partial charge in [0.15, 0.2) is 6.20 Å². The third-order valence-electron chi connectivity index (χ3n) is 4.22. The van der Waals surface area contributed by atoms with Crippen molar-refractivity contribution in [1.29, 1.82) is 0 Å². The number of nitrogen functional groups attached to an aromatic ring is 1. The Hall–Kier alpha value is -2.12. The fraction of sp³-hybridized carbons (Fsp3) is 0.353. The molecule has 0 amide bonds. The molecule has 2 aromatic rings. The molecular weight excluding hydrogens is 326 g/mol. The molecule has 1 atom stereocenters. The fourth-order valence-corrected chi connectivity index (χ4v) is 3.31. The number of rotatable bonds is 7. The zero-order valence-corrected chi connectivity index (χ0v) is 14.4. The third kappa shape index (κ3) is 3.85. The molecule has 1 aliphatic carbocycles. The first-order valence-corrected chi connectivity index (χ1v) is 8.92. The Morgan fingerprint density at radius 2 is 2.04 bits per heavy atom. The van der Waals surface area contributed by atoms with E-state index in [9.17, 15) is 8.76 Å². The van der Waals surface area contributed by atoms with Gasteiger partial charge in [-0.1, -0.05) is 16.8 Å². The molecule has 1 aromatic heterocycles. The maximum Gasteiger partial charge on any atom is 0.223 e. The van der Waals surface area contributed by atoms with E-state index in [0.717, 1.165) is 29.7 Å². The first-order chi connectivity index (χ1) is 11.6. The number of aromatic nitrogens is 1. The average molecular weight is 347 g/mol. The van der Waals surface area contributed by atoms with Crippen molar-refractivity contribution < 1.29 is 18.2 Å². The van der Waals surface area contributed by atoms with Gasteiger partial charge in [0.05, 0.1) is 7.11 Å². The predicted molar refractivity (Wildman–Crippen MR) is 91.7 cm³/mol. The highest BCUT2D eigenvalue weighted by Gasteiger charge is 2.30. The summed E-state index contributed by atoms with van der Waals surface area (Å²) in [6.07, 6.45) is 6.24. The first-order valence-electron chi connectivity index (χ1n) is 7.88. The van der Waals surface area contributed by atoms with Crippen molar-refractivity contribution in [3.05, 3.63) is 53.9 Å². The summed E-state index contributed by atoms with van der Waals surface area (Å²) < 4.78 is 31.5. The smallest absolute Gasteiger partial charge is 0.223 e. The molecule has 24 heavy (non-hydrogen) atoms. The number of methoxy groups -OCH3 is 1. The molecule has 1 heterocycles. The zero-order chi connectivity index (χ0) is 17.1. The van der Waals surface area contributed by atoms with Crippen molar-refractivity contribution in [1.82, 2.24) is 0 Å². The lowest BCUT2D eigenvalue weighted by molar-refractivity contribution is -0.638. The summed E-state index contributed by atoms with van der Waals surface area (Å²) in [5.74, 6) is 7.02. The van der Waals surface area contributed by atoms with Crippen molar-refractivity contribution in [3.63, 3.8) is 0 Å². The number of ether oxygens (including phenoxy) is 1. The topological polar surface area (TPSA) is 82.5 Å². The molecule has 3 rings (SSSR count). The third-order valence-corrected chi connectivity index (χ3v) is 4.96. The van der Waals surface area contributed by atoms with Crippen LogP contribution in [0.2, 0.25) is 0 Å². The van der Waals surface area contributed by atoms with Crippen LogP contribution in [0.4, 0.5) is 5.69 Å². The van der Waals surface area contributed by atoms with Gasteiger partial charge < -0.3 is 9.29 Å². The standard InChI is InChI=1S/C17H21N3O3S/c1-23-15-6-2-13(3-7-15)8-11-20(24(21)22)17-12-19(18)10-9-16(17)14-4-5-14/h2-3,6-7,9-10,12,14H,4-5,8,11,18H2,1H3. The molecule has 1 fully saturated rings. The summed E-state index contributed by atoms with van der Waals surface area (Å²) in [5.41, 5.74) is 2.77. The van der Waals surface area contributed by atoms with Crippen molar-refractivity contribution in [2.24, 2.45) is 0 Å². The van der Waals surface area contributed by atoms with Gasteiger partial charge in [0.1, 0.15) is 11.4 Å². The van der Waals surface area contributed by atoms with Crippen LogP contribution >= 0.6 is 0 Å². The lowest BCUT2D eigenvalue weighted by atomic mass is 10.1. The molecule has 0 spiro atoms. The van der Waals surface area contributed by atoms with E-state index in [1.165, 1.54) is 8.98 Å². The normalized spacial score (nSPS) is 15.1. The van der Waals surface area contributed by atoms with E-state index in [1.54, 1.807) is 19.5 Å². The van der Waals surface area contributed by atoms with Gasteiger partial charge in [0.2, 0.25) is 6.20 Å². The minimum atomic E-state index is -2.35. The molecule has 7 heteroatoms. The molecular formula is C17H21N3O3S. The summed E-state index contributed by atoms with van der Waals surface area (Å²) >= 11 is -2.35. The molecule has 1 saturated carbocycles. The number of hydrogen-bond acceptors (Lipinski definition) is 4. The van der Waals surface area contributed by atoms with Crippen LogP contribution in [0, 0.1) is 0 Å². The number of pyridine rings is 1. The monoisotopic (exact) mass is 347 g/mol. The predicted octanol–water partition coefficient (Wildman–Crippen LogP) is 1.42. The maximum atomic E-state index is 11.8. The molecule has 2 N–H and O–H groups in total. The van der Waals surface area contributed by atoms with Gasteiger partial charge in [0, 0.05) is 23.9 Å². The number of hydrogen-bond donors (Lipinski definition) is 1. The van der Waals surface area contributed by atoms with Gasteiger partial charge in [0.25, 0.3) is 0 Å². The highest BCUT2D eigenvalue weighted by atomic mass is 32.2. The summed E-state index contributed by atoms with van der Waals surface area (Å²) in [4.78, 5) is 0. The highest BCUT2D eigenvalue weighted by molar-refractivity contribution is 7.80. The Balaban J connectivity index is 1.79. The Morgan fingerprint density at radius 1 is 1.33 bits per heavy atom. The molecule has 0 bridgehead atoms. The number of benzene rings is 1. The average Bonchev–Trinajstić information content (AvgIpc) is 3.40. The highest BCUT2D eigenvalue weighted by Crippen LogP contribution is 2.44. The van der Waals surface area contributed by atoms with Gasteiger partial charge in [-0.25, -0.2) is 5.84 Å². The number of nitrogens with two attached hydrogens (primary N) is 1. The Labute approximate surface area is 144 Å². The summed E-state index contributed by atoms with van der Waals surface area (Å²) in [7, 11) is 1.62. The number of anilines is 1. The van der Waals surface area contributed by atoms with Gasteiger partial charge in [-0.15, -0.1) is 0 Å². The van der Waals surface area contributed by atoms with Crippen LogP contribution in [0.3, 0.4) is 0 Å². The summed E-state index contributed by atoms with van der Waals surface area (Å²) in [6.45, 7) is 0.367. The Bertz CT molecular complexity index is 732. The van der Waals surface area contributed by atoms with Gasteiger partial charge in [-0.2, -0.15) is 0 Å². The SMILES string of the molecule is COc1ccc(CCN(c2c[n+](N)ccc2C2CC2)S(=O)[O-])cc1. The van der Waals surface area contributed by atoms with E-state index in [1.807, 2.05) is 30.3 Å². The fourth-order valence-electron chi connectivity index (χ4n) is 2.76. The second kappa shape index (κ2) is 7.19. The van der Waals surface area contributed by atoms with E-state index in [0.29, 0.717) is 24.6 Å². The lowest BCUT2D eigenvalue weighted by Crippen LogP contribution is -2.45. The quantitative estimate of drug-likeness (QED) is 0.466. The van der Waals surface area contributed by atoms with E-state index in [2.05, 4.69) is 0 Å². The van der Waals surface area contributed by atoms with Crippen molar-refractivity contribution >= 4 is 17.0 Å². The molecule has 0 radical (unpaired) electrons. The summed E-state index contributed by atoms with van der Waals surface area (Å²) in [5, 5.41) is 0. The van der Waals surface area contributed by atoms with E-state index in [4.69, 9.17) is 10.6 Å². The van der Waals surface area contributed by atoms with Crippen LogP contribution in [-0.2, 0) is 17.7 Å². The van der Waals surface area contributed by atoms with Crippen LogP contribution in [0.25, 0.3) is 0 Å². The summed E-state index contributed by atoms with van der Waals surface area (Å²) in [6, 6.07) is 9.56. The molecule has 6 nitrogen and oxygen atoms in total. The second-order valence-electron chi connectivity index (χ2n) is 5.92. The van der Waals surface area contributed by atoms with E-state index >= 15 is 0 Å². The lowest BCUT2D eigenvalue weighted by Gasteiger charge is -2.27. The molecule has 0 saturated heterocycles. The van der Waals surface area contributed by atoms with Crippen LogP contribution in [0.5, 0.6) is 5.75 Å². The van der Waals surface area contributed by atoms with Gasteiger partial charge >= 0.3 is 0 Å². The largest absolute Gasteiger partial charge is 0.755 e. The number of nitrogens with zero attached hydrogens (tertiary/aromatic N) is 2. The van der Waals surface area contributed by atoms with Crippen molar-refractivity contribution in [3.8, 4) is 5.75 Å². The van der Waals surface area contributed by atoms with Crippen LogP contribution in [0.15, 0.2) is 42.7 Å². The van der Waals surface area contributed by atoms with Crippen LogP contribution < -0.4 is 19.6 Å². The molecule has 0 aliphatic heterocycles. The molecule has 1 unspecified atom stereocenters. The van der Waals surface area contributed by atoms with Gasteiger partial charge in [-0.05, 0) is 48.4 Å². The maximum absolute atomic E-state index is 11.8. The molecule has 128 valence electrons.